The molecular formula is C19H27N7O2. The van der Waals surface area contributed by atoms with E-state index in [9.17, 15) is 0 Å². The Hall–Kier alpha value is -3.23. The van der Waals surface area contributed by atoms with Gasteiger partial charge in [-0.3, -0.25) is 9.67 Å². The Morgan fingerprint density at radius 2 is 2.07 bits per heavy atom. The molecule has 3 aromatic rings. The summed E-state index contributed by atoms with van der Waals surface area (Å²) in [4.78, 5) is 11.9. The average molecular weight is 385 g/mol. The van der Waals surface area contributed by atoms with Gasteiger partial charge in [-0.1, -0.05) is 0 Å². The Kier molecular flexibility index (Phi) is 6.36. The Morgan fingerprint density at radius 3 is 2.75 bits per heavy atom. The molecule has 9 heteroatoms. The maximum Gasteiger partial charge on any atom is 0.191 e. The van der Waals surface area contributed by atoms with Gasteiger partial charge >= 0.3 is 0 Å². The van der Waals surface area contributed by atoms with Gasteiger partial charge in [-0.05, 0) is 18.9 Å². The van der Waals surface area contributed by atoms with Crippen molar-refractivity contribution in [1.29, 1.82) is 0 Å². The monoisotopic (exact) mass is 385 g/mol. The van der Waals surface area contributed by atoms with Crippen LogP contribution in [0.2, 0.25) is 0 Å². The summed E-state index contributed by atoms with van der Waals surface area (Å²) < 4.78 is 12.5. The molecule has 0 saturated carbocycles. The molecule has 0 amide bonds. The predicted molar refractivity (Wildman–Crippen MR) is 109 cm³/mol. The largest absolute Gasteiger partial charge is 0.497 e. The number of ether oxygens (including phenoxy) is 2. The Bertz CT molecular complexity index is 945. The second-order valence-corrected chi connectivity index (χ2v) is 6.34. The first-order valence-corrected chi connectivity index (χ1v) is 9.15. The zero-order chi connectivity index (χ0) is 19.9. The minimum Gasteiger partial charge on any atom is -0.497 e. The molecule has 28 heavy (non-hydrogen) atoms. The minimum absolute atomic E-state index is 0.569. The van der Waals surface area contributed by atoms with Gasteiger partial charge < -0.3 is 25.1 Å². The quantitative estimate of drug-likeness (QED) is 0.309. The number of nitrogens with zero attached hydrogens (tertiary/aromatic N) is 4. The van der Waals surface area contributed by atoms with E-state index in [1.807, 2.05) is 19.2 Å². The van der Waals surface area contributed by atoms with Crippen LogP contribution in [-0.2, 0) is 20.0 Å². The Balaban J connectivity index is 1.51. The molecule has 0 radical (unpaired) electrons. The minimum atomic E-state index is 0.569. The Morgan fingerprint density at radius 1 is 1.21 bits per heavy atom. The van der Waals surface area contributed by atoms with E-state index < -0.39 is 0 Å². The number of aryl methyl sites for hydroxylation is 2. The lowest BCUT2D eigenvalue weighted by Gasteiger charge is -2.11. The number of aliphatic imine (C=N–C) groups is 1. The van der Waals surface area contributed by atoms with Gasteiger partial charge in [-0.15, -0.1) is 0 Å². The van der Waals surface area contributed by atoms with E-state index in [1.165, 1.54) is 6.33 Å². The maximum atomic E-state index is 5.47. The number of nitrogens with one attached hydrogen (secondary N) is 3. The molecule has 0 fully saturated rings. The van der Waals surface area contributed by atoms with Crippen molar-refractivity contribution in [2.24, 2.45) is 12.0 Å². The number of benzene rings is 1. The van der Waals surface area contributed by atoms with Gasteiger partial charge in [0.25, 0.3) is 0 Å². The molecule has 2 heterocycles. The van der Waals surface area contributed by atoms with Crippen LogP contribution in [0.25, 0.3) is 10.9 Å². The molecule has 1 aromatic carbocycles. The fraction of sp³-hybridized carbons (Fsp3) is 0.421. The van der Waals surface area contributed by atoms with E-state index in [0.29, 0.717) is 6.54 Å². The van der Waals surface area contributed by atoms with Crippen molar-refractivity contribution in [2.75, 3.05) is 27.8 Å². The SMILES string of the molecule is CN=C(NCCCc1cc2c(OC)cc(OC)cc2[nH]1)NCc1ncnn1C. The van der Waals surface area contributed by atoms with E-state index >= 15 is 0 Å². The molecule has 0 aliphatic rings. The highest BCUT2D eigenvalue weighted by atomic mass is 16.5. The van der Waals surface area contributed by atoms with E-state index in [2.05, 4.69) is 36.8 Å². The van der Waals surface area contributed by atoms with Crippen molar-refractivity contribution >= 4 is 16.9 Å². The van der Waals surface area contributed by atoms with Crippen molar-refractivity contribution in [2.45, 2.75) is 19.4 Å². The van der Waals surface area contributed by atoms with Crippen molar-refractivity contribution in [1.82, 2.24) is 30.4 Å². The smallest absolute Gasteiger partial charge is 0.191 e. The van der Waals surface area contributed by atoms with Gasteiger partial charge in [0.2, 0.25) is 0 Å². The van der Waals surface area contributed by atoms with Crippen molar-refractivity contribution in [3.8, 4) is 11.5 Å². The molecule has 0 spiro atoms. The number of aromatic amines is 1. The molecule has 0 saturated heterocycles. The maximum absolute atomic E-state index is 5.47. The molecular weight excluding hydrogens is 358 g/mol. The van der Waals surface area contributed by atoms with Crippen LogP contribution < -0.4 is 20.1 Å². The molecule has 0 unspecified atom stereocenters. The number of hydrogen-bond acceptors (Lipinski definition) is 5. The van der Waals surface area contributed by atoms with Crippen LogP contribution in [0.15, 0.2) is 29.5 Å². The summed E-state index contributed by atoms with van der Waals surface area (Å²) in [5, 5.41) is 11.7. The third-order valence-electron chi connectivity index (χ3n) is 4.54. The first-order chi connectivity index (χ1) is 13.6. The molecule has 3 N–H and O–H groups in total. The molecule has 0 aliphatic carbocycles. The molecule has 9 nitrogen and oxygen atoms in total. The standard InChI is InChI=1S/C19H27N7O2/c1-20-19(22-11-18-23-12-24-26(18)2)21-7-5-6-13-8-15-16(25-13)9-14(27-3)10-17(15)28-4/h8-10,12,25H,5-7,11H2,1-4H3,(H2,20,21,22). The molecule has 0 atom stereocenters. The topological polar surface area (TPSA) is 101 Å². The highest BCUT2D eigenvalue weighted by molar-refractivity contribution is 5.88. The van der Waals surface area contributed by atoms with Gasteiger partial charge in [0.15, 0.2) is 5.96 Å². The van der Waals surface area contributed by atoms with Gasteiger partial charge in [0.1, 0.15) is 23.7 Å². The van der Waals surface area contributed by atoms with Crippen LogP contribution in [0.3, 0.4) is 0 Å². The van der Waals surface area contributed by atoms with Crippen molar-refractivity contribution in [3.63, 3.8) is 0 Å². The molecule has 0 bridgehead atoms. The van der Waals surface area contributed by atoms with Gasteiger partial charge in [0.05, 0.1) is 26.3 Å². The summed E-state index contributed by atoms with van der Waals surface area (Å²) in [5.74, 6) is 3.18. The third kappa shape index (κ3) is 4.54. The van der Waals surface area contributed by atoms with Crippen LogP contribution in [0.5, 0.6) is 11.5 Å². The van der Waals surface area contributed by atoms with Gasteiger partial charge in [-0.25, -0.2) is 4.98 Å². The molecule has 2 aromatic heterocycles. The molecule has 150 valence electrons. The summed E-state index contributed by atoms with van der Waals surface area (Å²) in [7, 11) is 6.94. The van der Waals surface area contributed by atoms with Gasteiger partial charge in [-0.2, -0.15) is 5.10 Å². The summed E-state index contributed by atoms with van der Waals surface area (Å²) in [5.41, 5.74) is 2.17. The van der Waals surface area contributed by atoms with E-state index in [0.717, 1.165) is 59.3 Å². The van der Waals surface area contributed by atoms with Crippen LogP contribution in [0, 0.1) is 0 Å². The summed E-state index contributed by atoms with van der Waals surface area (Å²) >= 11 is 0. The zero-order valence-electron chi connectivity index (χ0n) is 16.7. The van der Waals surface area contributed by atoms with E-state index in [4.69, 9.17) is 9.47 Å². The van der Waals surface area contributed by atoms with Crippen LogP contribution >= 0.6 is 0 Å². The highest BCUT2D eigenvalue weighted by Crippen LogP contribution is 2.31. The lowest BCUT2D eigenvalue weighted by Crippen LogP contribution is -2.38. The second kappa shape index (κ2) is 9.12. The normalized spacial score (nSPS) is 11.6. The van der Waals surface area contributed by atoms with Gasteiger partial charge in [0, 0.05) is 43.9 Å². The number of H-pyrrole nitrogens is 1. The summed E-state index contributed by atoms with van der Waals surface area (Å²) in [6, 6.07) is 6.01. The fourth-order valence-electron chi connectivity index (χ4n) is 3.01. The Labute approximate surface area is 164 Å². The third-order valence-corrected chi connectivity index (χ3v) is 4.54. The van der Waals surface area contributed by atoms with Crippen LogP contribution in [0.4, 0.5) is 0 Å². The second-order valence-electron chi connectivity index (χ2n) is 6.34. The summed E-state index contributed by atoms with van der Waals surface area (Å²) in [6.07, 6.45) is 3.41. The van der Waals surface area contributed by atoms with Crippen LogP contribution in [-0.4, -0.2) is 53.5 Å². The number of aromatic nitrogens is 4. The fourth-order valence-corrected chi connectivity index (χ4v) is 3.01. The lowest BCUT2D eigenvalue weighted by atomic mass is 10.2. The number of hydrogen-bond donors (Lipinski definition) is 3. The number of rotatable bonds is 8. The number of guanidine groups is 1. The van der Waals surface area contributed by atoms with Crippen molar-refractivity contribution < 1.29 is 9.47 Å². The van der Waals surface area contributed by atoms with E-state index in [1.54, 1.807) is 25.9 Å². The molecule has 0 aliphatic heterocycles. The first-order valence-electron chi connectivity index (χ1n) is 9.15. The summed E-state index contributed by atoms with van der Waals surface area (Å²) in [6.45, 7) is 1.37. The zero-order valence-corrected chi connectivity index (χ0v) is 16.7. The van der Waals surface area contributed by atoms with Crippen LogP contribution in [0.1, 0.15) is 17.9 Å². The van der Waals surface area contributed by atoms with E-state index in [-0.39, 0.29) is 0 Å². The number of fused-ring (bicyclic) bond motifs is 1. The predicted octanol–water partition coefficient (Wildman–Crippen LogP) is 1.61. The highest BCUT2D eigenvalue weighted by Gasteiger charge is 2.09. The number of methoxy groups -OCH3 is 2. The average Bonchev–Trinajstić information content (AvgIpc) is 3.31. The first kappa shape index (κ1) is 19.5. The molecule has 3 rings (SSSR count). The lowest BCUT2D eigenvalue weighted by molar-refractivity contribution is 0.398. The van der Waals surface area contributed by atoms with Crippen molar-refractivity contribution in [3.05, 3.63) is 36.0 Å².